The Balaban J connectivity index is 0.000000230. The summed E-state index contributed by atoms with van der Waals surface area (Å²) in [7, 11) is -4.10. The molecule has 0 radical (unpaired) electrons. The van der Waals surface area contributed by atoms with Crippen molar-refractivity contribution in [2.24, 2.45) is 0 Å². The molecule has 1 heterocycles. The number of hydrogen-bond donors (Lipinski definition) is 5. The van der Waals surface area contributed by atoms with Crippen LogP contribution in [-0.4, -0.2) is 56.7 Å². The first-order chi connectivity index (χ1) is 24.4. The highest BCUT2D eigenvalue weighted by atomic mass is 35.5. The smallest absolute Gasteiger partial charge is 0.427 e. The van der Waals surface area contributed by atoms with Gasteiger partial charge in [-0.1, -0.05) is 41.4 Å². The van der Waals surface area contributed by atoms with Gasteiger partial charge in [-0.2, -0.15) is 0 Å². The molecule has 52 heavy (non-hydrogen) atoms. The number of nitro benzene ring substituents is 1. The van der Waals surface area contributed by atoms with Crippen LogP contribution in [0, 0.1) is 15.9 Å². The Morgan fingerprint density at radius 3 is 2.29 bits per heavy atom. The number of allylic oxidation sites excluding steroid dienone is 1. The van der Waals surface area contributed by atoms with E-state index < -0.39 is 49.1 Å². The number of benzene rings is 3. The highest BCUT2D eigenvalue weighted by Crippen LogP contribution is 2.40. The first kappa shape index (κ1) is 41.6. The molecule has 2 aliphatic rings. The van der Waals surface area contributed by atoms with Gasteiger partial charge >= 0.3 is 25.6 Å². The number of halogens is 3. The number of rotatable bonds is 10. The van der Waals surface area contributed by atoms with Crippen LogP contribution < -0.4 is 25.4 Å². The van der Waals surface area contributed by atoms with Gasteiger partial charge < -0.3 is 34.8 Å². The van der Waals surface area contributed by atoms with E-state index in [0.717, 1.165) is 31.7 Å². The summed E-state index contributed by atoms with van der Waals surface area (Å²) in [6.07, 6.45) is 2.40. The third kappa shape index (κ3) is 11.9. The Morgan fingerprint density at radius 1 is 1.12 bits per heavy atom. The first-order valence-electron chi connectivity index (χ1n) is 15.2. The number of nitrogens with zero attached hydrogens (tertiary/aromatic N) is 2. The minimum Gasteiger partial charge on any atom is -0.489 e. The van der Waals surface area contributed by atoms with Crippen LogP contribution in [-0.2, 0) is 18.9 Å². The van der Waals surface area contributed by atoms with Crippen molar-refractivity contribution < 1.29 is 57.4 Å². The van der Waals surface area contributed by atoms with Gasteiger partial charge in [-0.25, -0.2) is 14.1 Å². The Kier molecular flexibility index (Phi) is 14.9. The second kappa shape index (κ2) is 18.6. The van der Waals surface area contributed by atoms with Crippen molar-refractivity contribution in [2.45, 2.75) is 45.6 Å². The van der Waals surface area contributed by atoms with Crippen molar-refractivity contribution in [3.63, 3.8) is 0 Å². The molecule has 2 fully saturated rings. The number of carbonyl (C=O) groups is 3. The van der Waals surface area contributed by atoms with Crippen LogP contribution in [0.4, 0.5) is 26.2 Å². The van der Waals surface area contributed by atoms with Crippen molar-refractivity contribution >= 4 is 65.8 Å². The minimum atomic E-state index is -4.10. The fourth-order valence-corrected chi connectivity index (χ4v) is 5.37. The van der Waals surface area contributed by atoms with Crippen LogP contribution in [0.15, 0.2) is 65.9 Å². The number of cyclic esters (lactones) is 1. The van der Waals surface area contributed by atoms with E-state index in [2.05, 4.69) is 5.32 Å². The van der Waals surface area contributed by atoms with Crippen LogP contribution in [0.1, 0.15) is 39.5 Å². The van der Waals surface area contributed by atoms with Gasteiger partial charge in [0, 0.05) is 12.1 Å². The Labute approximate surface area is 306 Å². The summed E-state index contributed by atoms with van der Waals surface area (Å²) in [6, 6.07) is 13.9. The van der Waals surface area contributed by atoms with Crippen LogP contribution in [0.2, 0.25) is 10.0 Å². The summed E-state index contributed by atoms with van der Waals surface area (Å²) in [5.74, 6) is -1.61. The lowest BCUT2D eigenvalue weighted by Crippen LogP contribution is -2.29. The maximum Gasteiger partial charge on any atom is 0.427 e. The van der Waals surface area contributed by atoms with Crippen LogP contribution >= 0.6 is 30.8 Å². The van der Waals surface area contributed by atoms with E-state index in [1.807, 2.05) is 6.07 Å². The molecule has 1 aliphatic carbocycles. The zero-order valence-electron chi connectivity index (χ0n) is 27.6. The summed E-state index contributed by atoms with van der Waals surface area (Å²) in [4.78, 5) is 61.2. The van der Waals surface area contributed by atoms with Crippen LogP contribution in [0.3, 0.4) is 0 Å². The molecule has 1 aliphatic heterocycles. The maximum absolute atomic E-state index is 14.3. The molecule has 280 valence electrons. The number of aliphatic carboxylic acids is 1. The van der Waals surface area contributed by atoms with E-state index in [-0.39, 0.29) is 50.5 Å². The molecule has 6 N–H and O–H groups in total. The Bertz CT molecular complexity index is 1880. The molecule has 2 amide bonds. The number of carbonyl (C=O) groups excluding carboxylic acids is 2. The zero-order chi connectivity index (χ0) is 38.7. The first-order valence-corrected chi connectivity index (χ1v) is 17.8. The molecule has 0 spiro atoms. The number of para-hydroxylation sites is 1. The number of hydrogen-bond acceptors (Lipinski definition) is 11. The molecule has 20 heteroatoms. The lowest BCUT2D eigenvalue weighted by atomic mass is 10.2. The van der Waals surface area contributed by atoms with E-state index in [1.165, 1.54) is 18.2 Å². The van der Waals surface area contributed by atoms with Gasteiger partial charge in [-0.15, -0.1) is 0 Å². The summed E-state index contributed by atoms with van der Waals surface area (Å²) in [5, 5.41) is 20.9. The lowest BCUT2D eigenvalue weighted by Gasteiger charge is -2.18. The van der Waals surface area contributed by atoms with Crippen molar-refractivity contribution in [1.29, 1.82) is 0 Å². The minimum absolute atomic E-state index is 0.00962. The molecule has 3 aromatic rings. The summed E-state index contributed by atoms with van der Waals surface area (Å²) in [6.45, 7) is 2.83. The lowest BCUT2D eigenvalue weighted by molar-refractivity contribution is -0.383. The standard InChI is InChI=1S/C17H17ClFNO4.C12H9ClN2O3.C3H8NO5P/c1-9(2)15-16(21)20(17(22)24-15)13-8-14(11(18)7-12(13)19)23-10-5-3-4-6-10;13-11-10(18-8-4-2-1-3-5-8)7-6-9(12(11)14)15(16)17;5-3(6)1-4-2-10(7,8)9/h7-8,10H,3-6H2,1-2H3;1-7H,14H2;4H,1-2H2,(H,5,6)(H2,7,8,9). The number of anilines is 2. The third-order valence-corrected chi connectivity index (χ3v) is 8.27. The molecule has 0 bridgehead atoms. The molecule has 0 aromatic heterocycles. The quantitative estimate of drug-likeness (QED) is 0.0457. The predicted octanol–water partition coefficient (Wildman–Crippen LogP) is 7.00. The van der Waals surface area contributed by atoms with Crippen molar-refractivity contribution in [3.8, 4) is 17.2 Å². The summed E-state index contributed by atoms with van der Waals surface area (Å²) >= 11 is 12.0. The summed E-state index contributed by atoms with van der Waals surface area (Å²) in [5.41, 5.74) is 5.56. The van der Waals surface area contributed by atoms with E-state index >= 15 is 0 Å². The number of amides is 2. The van der Waals surface area contributed by atoms with Gasteiger partial charge in [0.15, 0.2) is 5.76 Å². The molecular formula is C32H34Cl2FN4O12P. The number of carboxylic acid groups (broad SMARTS) is 1. The largest absolute Gasteiger partial charge is 0.489 e. The third-order valence-electron chi connectivity index (χ3n) is 6.94. The molecule has 3 aromatic carbocycles. The van der Waals surface area contributed by atoms with E-state index in [4.69, 9.17) is 58.0 Å². The van der Waals surface area contributed by atoms with Crippen molar-refractivity contribution in [1.82, 2.24) is 5.32 Å². The summed E-state index contributed by atoms with van der Waals surface area (Å²) < 4.78 is 40.6. The topological polar surface area (TPSA) is 241 Å². The van der Waals surface area contributed by atoms with Crippen molar-refractivity contribution in [3.05, 3.63) is 91.9 Å². The van der Waals surface area contributed by atoms with Crippen LogP contribution in [0.25, 0.3) is 0 Å². The number of carboxylic acids is 1. The zero-order valence-corrected chi connectivity index (χ0v) is 30.0. The normalized spacial score (nSPS) is 14.1. The van der Waals surface area contributed by atoms with E-state index in [9.17, 15) is 33.5 Å². The molecule has 1 saturated carbocycles. The SMILES string of the molecule is CC(C)=C1OC(=O)N(c2cc(OC3CCCC3)c(Cl)cc2F)C1=O.Nc1c([N+](=O)[O-])ccc(Oc2ccccc2)c1Cl.O=C(O)CNCP(=O)(O)O. The molecular weight excluding hydrogens is 753 g/mol. The highest BCUT2D eigenvalue weighted by molar-refractivity contribution is 7.51. The molecule has 0 atom stereocenters. The monoisotopic (exact) mass is 786 g/mol. The van der Waals surface area contributed by atoms with Gasteiger partial charge in [0.2, 0.25) is 0 Å². The molecule has 5 rings (SSSR count). The van der Waals surface area contributed by atoms with E-state index in [1.54, 1.807) is 38.1 Å². The van der Waals surface area contributed by atoms with E-state index in [0.29, 0.717) is 16.2 Å². The van der Waals surface area contributed by atoms with Gasteiger partial charge in [-0.05, 0) is 69.4 Å². The Hall–Kier alpha value is -4.77. The van der Waals surface area contributed by atoms with Gasteiger partial charge in [-0.3, -0.25) is 29.6 Å². The number of ether oxygens (including phenoxy) is 3. The molecule has 16 nitrogen and oxygen atoms in total. The fraction of sp³-hybridized carbons (Fsp3) is 0.281. The predicted molar refractivity (Wildman–Crippen MR) is 188 cm³/mol. The second-order valence-electron chi connectivity index (χ2n) is 11.2. The van der Waals surface area contributed by atoms with Crippen molar-refractivity contribution in [2.75, 3.05) is 23.5 Å². The number of nitro groups is 1. The average molecular weight is 788 g/mol. The average Bonchev–Trinajstić information content (AvgIpc) is 3.68. The van der Waals surface area contributed by atoms with Gasteiger partial charge in [0.1, 0.15) is 33.8 Å². The van der Waals surface area contributed by atoms with Gasteiger partial charge in [0.25, 0.3) is 5.69 Å². The number of nitrogens with one attached hydrogen (secondary N) is 1. The molecule has 1 saturated heterocycles. The number of nitrogen functional groups attached to an aromatic ring is 1. The Morgan fingerprint density at radius 2 is 1.75 bits per heavy atom. The van der Waals surface area contributed by atoms with Gasteiger partial charge in [0.05, 0.1) is 34.6 Å². The number of nitrogens with two attached hydrogens (primary N) is 1. The number of imide groups is 1. The fourth-order valence-electron chi connectivity index (χ4n) is 4.58. The second-order valence-corrected chi connectivity index (χ2v) is 13.7. The maximum atomic E-state index is 14.3. The molecule has 0 unspecified atom stereocenters. The highest BCUT2D eigenvalue weighted by Gasteiger charge is 2.40. The van der Waals surface area contributed by atoms with Crippen LogP contribution in [0.5, 0.6) is 17.2 Å².